The van der Waals surface area contributed by atoms with Gasteiger partial charge in [-0.05, 0) is 62.9 Å². The summed E-state index contributed by atoms with van der Waals surface area (Å²) in [6.07, 6.45) is 9.84. The lowest BCUT2D eigenvalue weighted by molar-refractivity contribution is 0.368. The average molecular weight is 395 g/mol. The molecular formula is C14H21Br2NS. The summed E-state index contributed by atoms with van der Waals surface area (Å²) in [7, 11) is 2.08. The van der Waals surface area contributed by atoms with Crippen LogP contribution in [0, 0.1) is 5.92 Å². The minimum absolute atomic E-state index is 0.491. The molecule has 4 heteroatoms. The standard InChI is InChI=1S/C14H21Br2NS/c1-17-12(11-9-13(15)18-14(11)16)8-10-6-4-2-3-5-7-10/h9-10,12,17H,2-8H2,1H3. The molecule has 0 spiro atoms. The Morgan fingerprint density at radius 3 is 2.44 bits per heavy atom. The van der Waals surface area contributed by atoms with Crippen LogP contribution in [0.15, 0.2) is 13.6 Å². The first-order chi connectivity index (χ1) is 8.70. The van der Waals surface area contributed by atoms with Crippen molar-refractivity contribution in [1.82, 2.24) is 5.32 Å². The van der Waals surface area contributed by atoms with Crippen LogP contribution in [0.3, 0.4) is 0 Å². The summed E-state index contributed by atoms with van der Waals surface area (Å²) in [5.74, 6) is 0.899. The van der Waals surface area contributed by atoms with E-state index in [1.54, 1.807) is 11.3 Å². The summed E-state index contributed by atoms with van der Waals surface area (Å²) >= 11 is 9.04. The second-order valence-electron chi connectivity index (χ2n) is 5.21. The van der Waals surface area contributed by atoms with Crippen molar-refractivity contribution in [2.24, 2.45) is 5.92 Å². The molecule has 1 N–H and O–H groups in total. The van der Waals surface area contributed by atoms with E-state index in [4.69, 9.17) is 0 Å². The molecule has 2 rings (SSSR count). The van der Waals surface area contributed by atoms with Crippen molar-refractivity contribution in [3.05, 3.63) is 19.2 Å². The lowest BCUT2D eigenvalue weighted by atomic mass is 9.90. The molecule has 102 valence electrons. The van der Waals surface area contributed by atoms with Crippen molar-refractivity contribution in [3.8, 4) is 0 Å². The quantitative estimate of drug-likeness (QED) is 0.627. The van der Waals surface area contributed by atoms with Crippen molar-refractivity contribution >= 4 is 43.2 Å². The van der Waals surface area contributed by atoms with Crippen LogP contribution in [0.2, 0.25) is 0 Å². The third kappa shape index (κ3) is 4.06. The first-order valence-corrected chi connectivity index (χ1v) is 9.23. The SMILES string of the molecule is CNC(CC1CCCCCC1)c1cc(Br)sc1Br. The van der Waals surface area contributed by atoms with Gasteiger partial charge in [-0.15, -0.1) is 11.3 Å². The molecule has 1 aromatic heterocycles. The highest BCUT2D eigenvalue weighted by atomic mass is 79.9. The third-order valence-corrected chi connectivity index (χ3v) is 6.34. The smallest absolute Gasteiger partial charge is 0.0758 e. The second kappa shape index (κ2) is 7.41. The molecule has 0 bridgehead atoms. The predicted octanol–water partition coefficient (Wildman–Crippen LogP) is 5.89. The largest absolute Gasteiger partial charge is 0.313 e. The lowest BCUT2D eigenvalue weighted by Gasteiger charge is -2.22. The Balaban J connectivity index is 2.02. The van der Waals surface area contributed by atoms with E-state index >= 15 is 0 Å². The molecule has 0 amide bonds. The summed E-state index contributed by atoms with van der Waals surface area (Å²) in [5.41, 5.74) is 1.42. The summed E-state index contributed by atoms with van der Waals surface area (Å²) in [6.45, 7) is 0. The zero-order valence-corrected chi connectivity index (χ0v) is 14.8. The van der Waals surface area contributed by atoms with Gasteiger partial charge in [0.25, 0.3) is 0 Å². The molecule has 1 aliphatic carbocycles. The number of nitrogens with one attached hydrogen (secondary N) is 1. The van der Waals surface area contributed by atoms with Crippen molar-refractivity contribution < 1.29 is 0 Å². The van der Waals surface area contributed by atoms with Gasteiger partial charge in [0.2, 0.25) is 0 Å². The molecule has 1 saturated carbocycles. The maximum atomic E-state index is 3.69. The summed E-state index contributed by atoms with van der Waals surface area (Å²) in [4.78, 5) is 0. The Kier molecular flexibility index (Phi) is 6.19. The van der Waals surface area contributed by atoms with E-state index < -0.39 is 0 Å². The van der Waals surface area contributed by atoms with E-state index in [9.17, 15) is 0 Å². The van der Waals surface area contributed by atoms with Crippen molar-refractivity contribution in [2.75, 3.05) is 7.05 Å². The predicted molar refractivity (Wildman–Crippen MR) is 87.3 cm³/mol. The highest BCUT2D eigenvalue weighted by Gasteiger charge is 2.21. The Labute approximate surface area is 131 Å². The first-order valence-electron chi connectivity index (χ1n) is 6.82. The van der Waals surface area contributed by atoms with Gasteiger partial charge in [0.05, 0.1) is 7.57 Å². The fraction of sp³-hybridized carbons (Fsp3) is 0.714. The van der Waals surface area contributed by atoms with Crippen LogP contribution in [0.1, 0.15) is 56.6 Å². The Hall–Kier alpha value is 0.620. The molecule has 1 nitrogen and oxygen atoms in total. The fourth-order valence-corrected chi connectivity index (χ4v) is 5.90. The van der Waals surface area contributed by atoms with Gasteiger partial charge in [-0.1, -0.05) is 38.5 Å². The molecule has 18 heavy (non-hydrogen) atoms. The molecule has 1 fully saturated rings. The molecular weight excluding hydrogens is 374 g/mol. The van der Waals surface area contributed by atoms with Crippen LogP contribution in [0.25, 0.3) is 0 Å². The van der Waals surface area contributed by atoms with Crippen LogP contribution < -0.4 is 5.32 Å². The van der Waals surface area contributed by atoms with Gasteiger partial charge < -0.3 is 5.32 Å². The van der Waals surface area contributed by atoms with Gasteiger partial charge in [-0.3, -0.25) is 0 Å². The molecule has 1 aliphatic rings. The van der Waals surface area contributed by atoms with Crippen molar-refractivity contribution in [2.45, 2.75) is 51.0 Å². The minimum atomic E-state index is 0.491. The monoisotopic (exact) mass is 393 g/mol. The van der Waals surface area contributed by atoms with E-state index in [0.29, 0.717) is 6.04 Å². The Bertz CT molecular complexity index is 370. The van der Waals surface area contributed by atoms with Gasteiger partial charge in [-0.2, -0.15) is 0 Å². The number of halogens is 2. The topological polar surface area (TPSA) is 12.0 Å². The highest BCUT2D eigenvalue weighted by molar-refractivity contribution is 9.12. The van der Waals surface area contributed by atoms with E-state index in [-0.39, 0.29) is 0 Å². The van der Waals surface area contributed by atoms with E-state index in [0.717, 1.165) is 5.92 Å². The summed E-state index contributed by atoms with van der Waals surface area (Å²) in [5, 5.41) is 3.50. The summed E-state index contributed by atoms with van der Waals surface area (Å²) in [6, 6.07) is 2.75. The molecule has 0 saturated heterocycles. The van der Waals surface area contributed by atoms with E-state index in [1.807, 2.05) is 0 Å². The molecule has 1 heterocycles. The zero-order chi connectivity index (χ0) is 13.0. The van der Waals surface area contributed by atoms with Gasteiger partial charge in [0.15, 0.2) is 0 Å². The zero-order valence-electron chi connectivity index (χ0n) is 10.8. The van der Waals surface area contributed by atoms with Crippen LogP contribution in [-0.2, 0) is 0 Å². The molecule has 0 radical (unpaired) electrons. The number of rotatable bonds is 4. The molecule has 0 aliphatic heterocycles. The number of hydrogen-bond acceptors (Lipinski definition) is 2. The molecule has 0 aromatic carbocycles. The Morgan fingerprint density at radius 1 is 1.28 bits per heavy atom. The van der Waals surface area contributed by atoms with Crippen LogP contribution >= 0.6 is 43.2 Å². The number of hydrogen-bond donors (Lipinski definition) is 1. The lowest BCUT2D eigenvalue weighted by Crippen LogP contribution is -2.19. The maximum Gasteiger partial charge on any atom is 0.0758 e. The first kappa shape index (κ1) is 15.0. The maximum absolute atomic E-state index is 3.69. The number of thiophene rings is 1. The average Bonchev–Trinajstić information content (AvgIpc) is 2.57. The molecule has 1 aromatic rings. The van der Waals surface area contributed by atoms with Gasteiger partial charge in [0, 0.05) is 6.04 Å². The Morgan fingerprint density at radius 2 is 1.94 bits per heavy atom. The molecule has 1 unspecified atom stereocenters. The highest BCUT2D eigenvalue weighted by Crippen LogP contribution is 2.39. The van der Waals surface area contributed by atoms with E-state index in [2.05, 4.69) is 50.3 Å². The minimum Gasteiger partial charge on any atom is -0.313 e. The van der Waals surface area contributed by atoms with Crippen LogP contribution in [0.4, 0.5) is 0 Å². The van der Waals surface area contributed by atoms with Crippen LogP contribution in [-0.4, -0.2) is 7.05 Å². The van der Waals surface area contributed by atoms with Gasteiger partial charge >= 0.3 is 0 Å². The third-order valence-electron chi connectivity index (χ3n) is 3.95. The van der Waals surface area contributed by atoms with Crippen LogP contribution in [0.5, 0.6) is 0 Å². The normalized spacial score (nSPS) is 19.7. The fourth-order valence-electron chi connectivity index (χ4n) is 2.92. The second-order valence-corrected chi connectivity index (χ2v) is 8.96. The summed E-state index contributed by atoms with van der Waals surface area (Å²) < 4.78 is 2.48. The van der Waals surface area contributed by atoms with Gasteiger partial charge in [0.1, 0.15) is 0 Å². The van der Waals surface area contributed by atoms with E-state index in [1.165, 1.54) is 58.1 Å². The van der Waals surface area contributed by atoms with Crippen molar-refractivity contribution in [3.63, 3.8) is 0 Å². The van der Waals surface area contributed by atoms with Gasteiger partial charge in [-0.25, -0.2) is 0 Å². The van der Waals surface area contributed by atoms with Crippen molar-refractivity contribution in [1.29, 1.82) is 0 Å². The molecule has 1 atom stereocenters.